The highest BCUT2D eigenvalue weighted by atomic mass is 32.1. The molecule has 1 radical (unpaired) electrons. The van der Waals surface area contributed by atoms with E-state index in [9.17, 15) is 9.18 Å². The number of thiazole rings is 1. The van der Waals surface area contributed by atoms with Crippen LogP contribution in [0.3, 0.4) is 0 Å². The first-order valence-corrected chi connectivity index (χ1v) is 7.17. The highest BCUT2D eigenvalue weighted by Gasteiger charge is 2.17. The number of hydrogen-bond donors (Lipinski definition) is 1. The smallest absolute Gasteiger partial charge is 0.223 e. The number of aromatic amines is 1. The lowest BCUT2D eigenvalue weighted by molar-refractivity contribution is 0.104. The Hall–Kier alpha value is -2.01. The van der Waals surface area contributed by atoms with Crippen molar-refractivity contribution < 1.29 is 9.18 Å². The molecule has 101 valence electrons. The van der Waals surface area contributed by atoms with Gasteiger partial charge in [0.05, 0.1) is 11.3 Å². The Labute approximate surface area is 119 Å². The van der Waals surface area contributed by atoms with Gasteiger partial charge in [0, 0.05) is 28.9 Å². The van der Waals surface area contributed by atoms with Crippen molar-refractivity contribution in [2.75, 3.05) is 0 Å². The summed E-state index contributed by atoms with van der Waals surface area (Å²) in [7, 11) is 0. The van der Waals surface area contributed by atoms with Gasteiger partial charge in [0.2, 0.25) is 5.78 Å². The molecule has 3 aromatic rings. The van der Waals surface area contributed by atoms with Crippen LogP contribution in [-0.4, -0.2) is 15.8 Å². The van der Waals surface area contributed by atoms with Crippen molar-refractivity contribution in [3.63, 3.8) is 0 Å². The maximum Gasteiger partial charge on any atom is 0.223 e. The molecule has 0 unspecified atom stereocenters. The van der Waals surface area contributed by atoms with Crippen molar-refractivity contribution in [3.8, 4) is 0 Å². The summed E-state index contributed by atoms with van der Waals surface area (Å²) in [6, 6.07) is 4.34. The zero-order valence-electron chi connectivity index (χ0n) is 10.8. The van der Waals surface area contributed by atoms with E-state index in [4.69, 9.17) is 0 Å². The summed E-state index contributed by atoms with van der Waals surface area (Å²) < 4.78 is 13.1. The molecule has 0 aliphatic heterocycles. The third-order valence-corrected chi connectivity index (χ3v) is 3.88. The van der Waals surface area contributed by atoms with Gasteiger partial charge in [0.15, 0.2) is 5.01 Å². The maximum atomic E-state index is 13.1. The molecule has 1 aromatic carbocycles. The second-order valence-corrected chi connectivity index (χ2v) is 5.27. The number of nitrogens with zero attached hydrogens (tertiary/aromatic N) is 1. The molecule has 0 saturated carbocycles. The number of halogens is 1. The molecular formula is C15H12FN2OS. The number of benzene rings is 1. The molecule has 2 heterocycles. The predicted octanol–water partition coefficient (Wildman–Crippen LogP) is 3.96. The Morgan fingerprint density at radius 1 is 1.50 bits per heavy atom. The number of ketones is 1. The van der Waals surface area contributed by atoms with E-state index in [1.165, 1.54) is 23.5 Å². The second kappa shape index (κ2) is 5.17. The van der Waals surface area contributed by atoms with Gasteiger partial charge in [-0.25, -0.2) is 9.37 Å². The molecule has 1 N–H and O–H groups in total. The zero-order chi connectivity index (χ0) is 14.1. The summed E-state index contributed by atoms with van der Waals surface area (Å²) in [6.07, 6.45) is 4.46. The minimum Gasteiger partial charge on any atom is -0.360 e. The number of hydrogen-bond acceptors (Lipinski definition) is 3. The van der Waals surface area contributed by atoms with Crippen LogP contribution in [0.25, 0.3) is 10.9 Å². The lowest BCUT2D eigenvalue weighted by Gasteiger charge is -1.95. The number of carbonyl (C=O) groups excluding carboxylic acids is 1. The second-order valence-electron chi connectivity index (χ2n) is 4.41. The van der Waals surface area contributed by atoms with Crippen LogP contribution in [0.2, 0.25) is 0 Å². The average Bonchev–Trinajstić information content (AvgIpc) is 3.04. The highest BCUT2D eigenvalue weighted by Crippen LogP contribution is 2.23. The lowest BCUT2D eigenvalue weighted by Crippen LogP contribution is -2.00. The van der Waals surface area contributed by atoms with Crippen molar-refractivity contribution in [1.29, 1.82) is 0 Å². The van der Waals surface area contributed by atoms with Crippen molar-refractivity contribution in [3.05, 3.63) is 58.3 Å². The third-order valence-electron chi connectivity index (χ3n) is 3.02. The van der Waals surface area contributed by atoms with Crippen LogP contribution in [0, 0.1) is 12.2 Å². The van der Waals surface area contributed by atoms with Crippen molar-refractivity contribution in [2.45, 2.75) is 13.3 Å². The quantitative estimate of drug-likeness (QED) is 0.738. The van der Waals surface area contributed by atoms with E-state index < -0.39 is 0 Å². The Kier molecular flexibility index (Phi) is 3.36. The minimum absolute atomic E-state index is 0.136. The third kappa shape index (κ3) is 2.25. The van der Waals surface area contributed by atoms with Gasteiger partial charge < -0.3 is 4.98 Å². The monoisotopic (exact) mass is 287 g/mol. The van der Waals surface area contributed by atoms with Gasteiger partial charge in [0.1, 0.15) is 5.82 Å². The summed E-state index contributed by atoms with van der Waals surface area (Å²) in [5.41, 5.74) is 1.97. The molecule has 0 fully saturated rings. The number of fused-ring (bicyclic) bond motifs is 1. The average molecular weight is 287 g/mol. The number of rotatable bonds is 4. The van der Waals surface area contributed by atoms with Gasteiger partial charge in [-0.3, -0.25) is 4.79 Å². The summed E-state index contributed by atoms with van der Waals surface area (Å²) >= 11 is 1.33. The molecule has 0 amide bonds. The van der Waals surface area contributed by atoms with E-state index in [0.29, 0.717) is 21.5 Å². The summed E-state index contributed by atoms with van der Waals surface area (Å²) in [4.78, 5) is 19.7. The van der Waals surface area contributed by atoms with Crippen LogP contribution < -0.4 is 0 Å². The molecule has 2 aromatic heterocycles. The van der Waals surface area contributed by atoms with Crippen LogP contribution in [0.15, 0.2) is 29.8 Å². The number of H-pyrrole nitrogens is 1. The summed E-state index contributed by atoms with van der Waals surface area (Å²) in [6.45, 7) is 2.02. The molecule has 0 saturated heterocycles. The maximum absolute atomic E-state index is 13.1. The Balaban J connectivity index is 1.99. The highest BCUT2D eigenvalue weighted by molar-refractivity contribution is 7.12. The fourth-order valence-electron chi connectivity index (χ4n) is 2.09. The molecule has 0 atom stereocenters. The zero-order valence-corrected chi connectivity index (χ0v) is 11.6. The standard InChI is InChI=1S/C15H12FN2OS/c1-2-3-10-8-20-15(18-10)14(19)12-7-17-13-6-9(16)4-5-11(12)13/h3-8,17H,2H2,1H3. The Morgan fingerprint density at radius 3 is 3.15 bits per heavy atom. The van der Waals surface area contributed by atoms with Gasteiger partial charge in [-0.15, -0.1) is 11.3 Å². The van der Waals surface area contributed by atoms with Gasteiger partial charge in [-0.2, -0.15) is 0 Å². The van der Waals surface area contributed by atoms with Crippen LogP contribution >= 0.6 is 11.3 Å². The Morgan fingerprint density at radius 2 is 2.35 bits per heavy atom. The van der Waals surface area contributed by atoms with Crippen LogP contribution in [0.1, 0.15) is 34.4 Å². The number of aromatic nitrogens is 2. The molecule has 0 aliphatic carbocycles. The number of nitrogens with one attached hydrogen (secondary N) is 1. The Bertz CT molecular complexity index is 775. The molecule has 0 spiro atoms. The first-order valence-electron chi connectivity index (χ1n) is 6.29. The van der Waals surface area contributed by atoms with E-state index in [-0.39, 0.29) is 11.6 Å². The molecular weight excluding hydrogens is 275 g/mol. The van der Waals surface area contributed by atoms with Crippen LogP contribution in [0.4, 0.5) is 4.39 Å². The fourth-order valence-corrected chi connectivity index (χ4v) is 2.85. The molecule has 20 heavy (non-hydrogen) atoms. The SMILES string of the molecule is CC[CH]c1csc(C(=O)c2c[nH]c3cc(F)ccc23)n1. The van der Waals surface area contributed by atoms with Crippen LogP contribution in [0.5, 0.6) is 0 Å². The largest absolute Gasteiger partial charge is 0.360 e. The number of carbonyl (C=O) groups is 1. The van der Waals surface area contributed by atoms with Gasteiger partial charge in [-0.1, -0.05) is 6.92 Å². The van der Waals surface area contributed by atoms with E-state index in [1.807, 2.05) is 18.7 Å². The van der Waals surface area contributed by atoms with E-state index in [2.05, 4.69) is 9.97 Å². The van der Waals surface area contributed by atoms with Gasteiger partial charge >= 0.3 is 0 Å². The molecule has 0 aliphatic rings. The first-order chi connectivity index (χ1) is 9.69. The van der Waals surface area contributed by atoms with Crippen molar-refractivity contribution in [1.82, 2.24) is 9.97 Å². The van der Waals surface area contributed by atoms with Gasteiger partial charge in [0.25, 0.3) is 0 Å². The lowest BCUT2D eigenvalue weighted by atomic mass is 10.1. The molecule has 3 nitrogen and oxygen atoms in total. The fraction of sp³-hybridized carbons (Fsp3) is 0.133. The van der Waals surface area contributed by atoms with E-state index in [1.54, 1.807) is 12.3 Å². The molecule has 3 rings (SSSR count). The van der Waals surface area contributed by atoms with E-state index in [0.717, 1.165) is 12.1 Å². The van der Waals surface area contributed by atoms with Crippen molar-refractivity contribution in [2.24, 2.45) is 0 Å². The summed E-state index contributed by atoms with van der Waals surface area (Å²) in [5, 5.41) is 3.04. The van der Waals surface area contributed by atoms with Crippen molar-refractivity contribution >= 4 is 28.0 Å². The first kappa shape index (κ1) is 13.0. The predicted molar refractivity (Wildman–Crippen MR) is 77.5 cm³/mol. The normalized spacial score (nSPS) is 11.1. The minimum atomic E-state index is -0.326. The summed E-state index contributed by atoms with van der Waals surface area (Å²) in [5.74, 6) is -0.462. The van der Waals surface area contributed by atoms with E-state index >= 15 is 0 Å². The topological polar surface area (TPSA) is 45.8 Å². The van der Waals surface area contributed by atoms with Gasteiger partial charge in [-0.05, 0) is 24.6 Å². The van der Waals surface area contributed by atoms with Crippen LogP contribution in [-0.2, 0) is 0 Å². The molecule has 5 heteroatoms. The molecule has 0 bridgehead atoms.